The van der Waals surface area contributed by atoms with Crippen LogP contribution >= 0.6 is 27.3 Å². The molecule has 2 rings (SSSR count). The molecule has 0 fully saturated rings. The molecule has 0 unspecified atom stereocenters. The summed E-state index contributed by atoms with van der Waals surface area (Å²) in [6, 6.07) is 10.2. The molecule has 1 aromatic carbocycles. The molecule has 20 heavy (non-hydrogen) atoms. The van der Waals surface area contributed by atoms with Gasteiger partial charge in [-0.25, -0.2) is 0 Å². The molecule has 0 saturated carbocycles. The molecule has 3 nitrogen and oxygen atoms in total. The van der Waals surface area contributed by atoms with Gasteiger partial charge in [-0.15, -0.1) is 11.3 Å². The lowest BCUT2D eigenvalue weighted by Crippen LogP contribution is -2.18. The van der Waals surface area contributed by atoms with Crippen LogP contribution in [0.15, 0.2) is 40.2 Å². The number of rotatable bonds is 8. The Morgan fingerprint density at radius 1 is 1.20 bits per heavy atom. The molecule has 0 spiro atoms. The molecule has 0 aliphatic carbocycles. The molecule has 1 N–H and O–H groups in total. The highest BCUT2D eigenvalue weighted by Crippen LogP contribution is 2.24. The number of ether oxygens (including phenoxy) is 2. The minimum absolute atomic E-state index is 0.601. The smallest absolute Gasteiger partial charge is 0.124 e. The van der Waals surface area contributed by atoms with Crippen molar-refractivity contribution in [2.24, 2.45) is 0 Å². The third-order valence-electron chi connectivity index (χ3n) is 2.80. The summed E-state index contributed by atoms with van der Waals surface area (Å²) < 4.78 is 11.9. The van der Waals surface area contributed by atoms with E-state index in [2.05, 4.69) is 38.8 Å². The third kappa shape index (κ3) is 4.90. The Labute approximate surface area is 132 Å². The SMILES string of the molecule is COCCNCc1ccc(OCc2sccc2Br)cc1. The normalized spacial score (nSPS) is 10.7. The van der Waals surface area contributed by atoms with Crippen LogP contribution in [0.2, 0.25) is 0 Å². The van der Waals surface area contributed by atoms with Crippen LogP contribution in [0.5, 0.6) is 5.75 Å². The van der Waals surface area contributed by atoms with Gasteiger partial charge in [0.2, 0.25) is 0 Å². The van der Waals surface area contributed by atoms with E-state index in [1.54, 1.807) is 18.4 Å². The van der Waals surface area contributed by atoms with E-state index in [4.69, 9.17) is 9.47 Å². The van der Waals surface area contributed by atoms with Crippen LogP contribution in [-0.4, -0.2) is 20.3 Å². The quantitative estimate of drug-likeness (QED) is 0.730. The number of methoxy groups -OCH3 is 1. The first-order valence-electron chi connectivity index (χ1n) is 6.43. The fourth-order valence-corrected chi connectivity index (χ4v) is 3.07. The van der Waals surface area contributed by atoms with Crippen LogP contribution in [0.3, 0.4) is 0 Å². The van der Waals surface area contributed by atoms with Crippen LogP contribution in [0.1, 0.15) is 10.4 Å². The second-order valence-corrected chi connectivity index (χ2v) is 6.15. The molecule has 0 aliphatic rings. The summed E-state index contributed by atoms with van der Waals surface area (Å²) in [6.07, 6.45) is 0. The van der Waals surface area contributed by atoms with Crippen molar-refractivity contribution in [3.05, 3.63) is 50.6 Å². The summed E-state index contributed by atoms with van der Waals surface area (Å²) in [5.41, 5.74) is 1.24. The molecule has 0 amide bonds. The van der Waals surface area contributed by atoms with E-state index < -0.39 is 0 Å². The zero-order valence-corrected chi connectivity index (χ0v) is 13.8. The van der Waals surface area contributed by atoms with Crippen molar-refractivity contribution < 1.29 is 9.47 Å². The van der Waals surface area contributed by atoms with Gasteiger partial charge in [0.05, 0.1) is 11.5 Å². The zero-order valence-electron chi connectivity index (χ0n) is 11.4. The molecular weight excluding hydrogens is 338 g/mol. The largest absolute Gasteiger partial charge is 0.488 e. The Bertz CT molecular complexity index is 513. The number of benzene rings is 1. The predicted molar refractivity (Wildman–Crippen MR) is 86.4 cm³/mol. The first kappa shape index (κ1) is 15.5. The maximum Gasteiger partial charge on any atom is 0.124 e. The Morgan fingerprint density at radius 2 is 2.00 bits per heavy atom. The first-order valence-corrected chi connectivity index (χ1v) is 8.10. The second-order valence-electron chi connectivity index (χ2n) is 4.29. The first-order chi connectivity index (χ1) is 9.79. The van der Waals surface area contributed by atoms with Crippen molar-refractivity contribution in [3.63, 3.8) is 0 Å². The van der Waals surface area contributed by atoms with Crippen LogP contribution in [-0.2, 0) is 17.9 Å². The molecule has 0 saturated heterocycles. The summed E-state index contributed by atoms with van der Waals surface area (Å²) in [5.74, 6) is 0.894. The lowest BCUT2D eigenvalue weighted by molar-refractivity contribution is 0.199. The Hall–Kier alpha value is -0.880. The van der Waals surface area contributed by atoms with Crippen LogP contribution in [0.4, 0.5) is 0 Å². The molecule has 108 valence electrons. The molecule has 1 heterocycles. The molecule has 0 aliphatic heterocycles. The van der Waals surface area contributed by atoms with Gasteiger partial charge in [0.25, 0.3) is 0 Å². The van der Waals surface area contributed by atoms with Crippen molar-refractivity contribution in [2.45, 2.75) is 13.2 Å². The number of thiophene rings is 1. The van der Waals surface area contributed by atoms with Gasteiger partial charge in [0, 0.05) is 24.7 Å². The summed E-state index contributed by atoms with van der Waals surface area (Å²) in [7, 11) is 1.71. The van der Waals surface area contributed by atoms with Gasteiger partial charge in [-0.1, -0.05) is 12.1 Å². The second kappa shape index (κ2) is 8.42. The highest BCUT2D eigenvalue weighted by molar-refractivity contribution is 9.10. The van der Waals surface area contributed by atoms with Gasteiger partial charge in [0.15, 0.2) is 0 Å². The minimum atomic E-state index is 0.601. The van der Waals surface area contributed by atoms with E-state index in [-0.39, 0.29) is 0 Å². The van der Waals surface area contributed by atoms with Crippen LogP contribution in [0, 0.1) is 0 Å². The van der Waals surface area contributed by atoms with E-state index in [0.717, 1.165) is 29.9 Å². The van der Waals surface area contributed by atoms with Gasteiger partial charge in [-0.2, -0.15) is 0 Å². The number of nitrogens with one attached hydrogen (secondary N) is 1. The van der Waals surface area contributed by atoms with Gasteiger partial charge < -0.3 is 14.8 Å². The fraction of sp³-hybridized carbons (Fsp3) is 0.333. The molecule has 2 aromatic rings. The maximum absolute atomic E-state index is 5.77. The highest BCUT2D eigenvalue weighted by Gasteiger charge is 2.02. The number of hydrogen-bond donors (Lipinski definition) is 1. The van der Waals surface area contributed by atoms with Crippen molar-refractivity contribution >= 4 is 27.3 Å². The van der Waals surface area contributed by atoms with Crippen molar-refractivity contribution in [3.8, 4) is 5.75 Å². The van der Waals surface area contributed by atoms with E-state index in [9.17, 15) is 0 Å². The number of hydrogen-bond acceptors (Lipinski definition) is 4. The molecule has 1 aromatic heterocycles. The van der Waals surface area contributed by atoms with E-state index >= 15 is 0 Å². The maximum atomic E-state index is 5.77. The summed E-state index contributed by atoms with van der Waals surface area (Å²) in [5, 5.41) is 5.37. The lowest BCUT2D eigenvalue weighted by Gasteiger charge is -2.07. The molecular formula is C15H18BrNO2S. The van der Waals surface area contributed by atoms with Crippen molar-refractivity contribution in [1.82, 2.24) is 5.32 Å². The monoisotopic (exact) mass is 355 g/mol. The average molecular weight is 356 g/mol. The molecule has 0 radical (unpaired) electrons. The standard InChI is InChI=1S/C15H18BrNO2S/c1-18-8-7-17-10-12-2-4-13(5-3-12)19-11-15-14(16)6-9-20-15/h2-6,9,17H,7-8,10-11H2,1H3. The van der Waals surface area contributed by atoms with Crippen LogP contribution < -0.4 is 10.1 Å². The molecule has 5 heteroatoms. The molecule has 0 bridgehead atoms. The Morgan fingerprint density at radius 3 is 2.65 bits per heavy atom. The van der Waals surface area contributed by atoms with E-state index in [0.29, 0.717) is 6.61 Å². The predicted octanol–water partition coefficient (Wildman–Crippen LogP) is 3.83. The third-order valence-corrected chi connectivity index (χ3v) is 4.70. The minimum Gasteiger partial charge on any atom is -0.488 e. The molecule has 0 atom stereocenters. The summed E-state index contributed by atoms with van der Waals surface area (Å²) >= 11 is 5.20. The van der Waals surface area contributed by atoms with Crippen LogP contribution in [0.25, 0.3) is 0 Å². The van der Waals surface area contributed by atoms with Gasteiger partial charge in [0.1, 0.15) is 12.4 Å². The topological polar surface area (TPSA) is 30.5 Å². The lowest BCUT2D eigenvalue weighted by atomic mass is 10.2. The Kier molecular flexibility index (Phi) is 6.53. The zero-order chi connectivity index (χ0) is 14.2. The summed E-state index contributed by atoms with van der Waals surface area (Å²) in [4.78, 5) is 1.20. The Balaban J connectivity index is 1.78. The van der Waals surface area contributed by atoms with E-state index in [1.807, 2.05) is 18.2 Å². The fourth-order valence-electron chi connectivity index (χ4n) is 1.69. The van der Waals surface area contributed by atoms with Crippen molar-refractivity contribution in [2.75, 3.05) is 20.3 Å². The average Bonchev–Trinajstić information content (AvgIpc) is 2.88. The van der Waals surface area contributed by atoms with Gasteiger partial charge in [-0.3, -0.25) is 0 Å². The van der Waals surface area contributed by atoms with Crippen molar-refractivity contribution in [1.29, 1.82) is 0 Å². The van der Waals surface area contributed by atoms with Gasteiger partial charge >= 0.3 is 0 Å². The number of halogens is 1. The van der Waals surface area contributed by atoms with E-state index in [1.165, 1.54) is 10.4 Å². The highest BCUT2D eigenvalue weighted by atomic mass is 79.9. The summed E-state index contributed by atoms with van der Waals surface area (Å²) in [6.45, 7) is 3.04. The van der Waals surface area contributed by atoms with Gasteiger partial charge in [-0.05, 0) is 45.1 Å².